The van der Waals surface area contributed by atoms with Gasteiger partial charge < -0.3 is 9.47 Å². The van der Waals surface area contributed by atoms with Crippen molar-refractivity contribution in [2.24, 2.45) is 5.84 Å². The minimum absolute atomic E-state index is 0.184. The molecular weight excluding hydrogens is 421 g/mol. The van der Waals surface area contributed by atoms with Gasteiger partial charge in [-0.05, 0) is 59.0 Å². The number of halogens is 3. The summed E-state index contributed by atoms with van der Waals surface area (Å²) in [5, 5.41) is 2.58. The zero-order chi connectivity index (χ0) is 21.9. The highest BCUT2D eigenvalue weighted by atomic mass is 32.1. The number of amides is 1. The lowest BCUT2D eigenvalue weighted by atomic mass is 10.0. The molecule has 10 heteroatoms. The number of anilines is 1. The minimum Gasteiger partial charge on any atom is -0.465 e. The summed E-state index contributed by atoms with van der Waals surface area (Å²) in [5.41, 5.74) is 1.86. The SMILES string of the molecule is COC(=O)c1cc(-c2cccc(C(=O)N(N)c3ccc(OC(F)(F)F)cc3)c2)cs1. The molecule has 0 unspecified atom stereocenters. The van der Waals surface area contributed by atoms with E-state index in [1.807, 2.05) is 0 Å². The third kappa shape index (κ3) is 4.97. The number of ether oxygens (including phenoxy) is 2. The smallest absolute Gasteiger partial charge is 0.465 e. The first kappa shape index (κ1) is 21.3. The number of benzene rings is 2. The molecule has 0 saturated carbocycles. The average molecular weight is 436 g/mol. The van der Waals surface area contributed by atoms with Crippen LogP contribution in [0.2, 0.25) is 0 Å². The Morgan fingerprint density at radius 1 is 1.03 bits per heavy atom. The fraction of sp³-hybridized carbons (Fsp3) is 0.100. The van der Waals surface area contributed by atoms with E-state index in [1.54, 1.807) is 35.7 Å². The molecule has 0 spiro atoms. The van der Waals surface area contributed by atoms with Gasteiger partial charge in [0.05, 0.1) is 12.8 Å². The van der Waals surface area contributed by atoms with Crippen LogP contribution in [0.4, 0.5) is 18.9 Å². The van der Waals surface area contributed by atoms with Gasteiger partial charge in [0.25, 0.3) is 5.91 Å². The molecule has 0 aliphatic heterocycles. The summed E-state index contributed by atoms with van der Waals surface area (Å²) in [6, 6.07) is 12.8. The predicted octanol–water partition coefficient (Wildman–Crippen LogP) is 4.62. The van der Waals surface area contributed by atoms with Crippen molar-refractivity contribution >= 4 is 28.9 Å². The quantitative estimate of drug-likeness (QED) is 0.273. The molecular formula is C20H15F3N2O4S. The molecule has 6 nitrogen and oxygen atoms in total. The van der Waals surface area contributed by atoms with Crippen LogP contribution < -0.4 is 15.6 Å². The highest BCUT2D eigenvalue weighted by Crippen LogP contribution is 2.28. The lowest BCUT2D eigenvalue weighted by Gasteiger charge is -2.18. The number of hydrogen-bond donors (Lipinski definition) is 1. The van der Waals surface area contributed by atoms with E-state index in [0.717, 1.165) is 22.7 Å². The minimum atomic E-state index is -4.81. The fourth-order valence-corrected chi connectivity index (χ4v) is 3.42. The largest absolute Gasteiger partial charge is 0.573 e. The lowest BCUT2D eigenvalue weighted by Crippen LogP contribution is -2.37. The Morgan fingerprint density at radius 2 is 1.73 bits per heavy atom. The third-order valence-corrected chi connectivity index (χ3v) is 4.91. The molecule has 0 fully saturated rings. The van der Waals surface area contributed by atoms with Gasteiger partial charge in [0, 0.05) is 5.56 Å². The van der Waals surface area contributed by atoms with E-state index in [1.165, 1.54) is 30.6 Å². The summed E-state index contributed by atoms with van der Waals surface area (Å²) in [6.07, 6.45) is -4.81. The molecule has 2 aromatic carbocycles. The van der Waals surface area contributed by atoms with Crippen LogP contribution in [-0.4, -0.2) is 25.3 Å². The summed E-state index contributed by atoms with van der Waals surface area (Å²) in [7, 11) is 1.29. The number of hydrazine groups is 1. The summed E-state index contributed by atoms with van der Waals surface area (Å²) >= 11 is 1.21. The molecule has 3 rings (SSSR count). The van der Waals surface area contributed by atoms with Crippen molar-refractivity contribution in [2.75, 3.05) is 12.1 Å². The van der Waals surface area contributed by atoms with Gasteiger partial charge in [-0.3, -0.25) is 4.79 Å². The van der Waals surface area contributed by atoms with Crippen LogP contribution in [0, 0.1) is 0 Å². The second kappa shape index (κ2) is 8.56. The van der Waals surface area contributed by atoms with Gasteiger partial charge in [-0.15, -0.1) is 24.5 Å². The number of esters is 1. The predicted molar refractivity (Wildman–Crippen MR) is 105 cm³/mol. The van der Waals surface area contributed by atoms with Gasteiger partial charge in [0.1, 0.15) is 10.6 Å². The number of nitrogens with zero attached hydrogens (tertiary/aromatic N) is 1. The molecule has 1 aromatic heterocycles. The number of thiophene rings is 1. The Labute approximate surface area is 173 Å². The van der Waals surface area contributed by atoms with Crippen LogP contribution in [0.5, 0.6) is 5.75 Å². The zero-order valence-corrected chi connectivity index (χ0v) is 16.3. The van der Waals surface area contributed by atoms with E-state index >= 15 is 0 Å². The number of nitrogens with two attached hydrogens (primary N) is 1. The van der Waals surface area contributed by atoms with E-state index in [-0.39, 0.29) is 11.3 Å². The molecule has 0 atom stereocenters. The second-order valence-corrected chi connectivity index (χ2v) is 6.90. The summed E-state index contributed by atoms with van der Waals surface area (Å²) in [4.78, 5) is 24.8. The number of rotatable bonds is 5. The first-order valence-electron chi connectivity index (χ1n) is 8.40. The summed E-state index contributed by atoms with van der Waals surface area (Å²) < 4.78 is 45.3. The first-order chi connectivity index (χ1) is 14.2. The molecule has 2 N–H and O–H groups in total. The Morgan fingerprint density at radius 3 is 2.37 bits per heavy atom. The maximum atomic E-state index is 12.7. The molecule has 0 aliphatic carbocycles. The van der Waals surface area contributed by atoms with Crippen LogP contribution in [-0.2, 0) is 4.74 Å². The van der Waals surface area contributed by atoms with E-state index < -0.39 is 24.0 Å². The Kier molecular flexibility index (Phi) is 6.09. The number of hydrogen-bond acceptors (Lipinski definition) is 6. The summed E-state index contributed by atoms with van der Waals surface area (Å²) in [5.74, 6) is 4.42. The van der Waals surface area contributed by atoms with Crippen molar-refractivity contribution in [3.63, 3.8) is 0 Å². The van der Waals surface area contributed by atoms with Crippen molar-refractivity contribution in [1.29, 1.82) is 0 Å². The molecule has 0 radical (unpaired) electrons. The topological polar surface area (TPSA) is 81.9 Å². The van der Waals surface area contributed by atoms with Gasteiger partial charge in [-0.2, -0.15) is 0 Å². The van der Waals surface area contributed by atoms with Gasteiger partial charge in [0.2, 0.25) is 0 Å². The number of methoxy groups -OCH3 is 1. The molecule has 156 valence electrons. The Balaban J connectivity index is 1.79. The van der Waals surface area contributed by atoms with Crippen molar-refractivity contribution in [3.05, 3.63) is 70.4 Å². The fourth-order valence-electron chi connectivity index (χ4n) is 2.59. The Hall–Kier alpha value is -3.37. The van der Waals surface area contributed by atoms with Crippen molar-refractivity contribution in [2.45, 2.75) is 6.36 Å². The zero-order valence-electron chi connectivity index (χ0n) is 15.5. The molecule has 1 heterocycles. The normalized spacial score (nSPS) is 11.1. The number of carbonyl (C=O) groups excluding carboxylic acids is 2. The van der Waals surface area contributed by atoms with Crippen LogP contribution >= 0.6 is 11.3 Å². The highest BCUT2D eigenvalue weighted by Gasteiger charge is 2.31. The van der Waals surface area contributed by atoms with E-state index in [0.29, 0.717) is 10.4 Å². The second-order valence-electron chi connectivity index (χ2n) is 5.99. The standard InChI is InChI=1S/C20H15F3N2O4S/c1-28-19(27)17-10-14(11-30-17)12-3-2-4-13(9-12)18(26)25(24)15-5-7-16(8-6-15)29-20(21,22)23/h2-11H,24H2,1H3. The van der Waals surface area contributed by atoms with Gasteiger partial charge in [0.15, 0.2) is 0 Å². The van der Waals surface area contributed by atoms with Crippen LogP contribution in [0.15, 0.2) is 60.0 Å². The maximum Gasteiger partial charge on any atom is 0.573 e. The monoisotopic (exact) mass is 436 g/mol. The third-order valence-electron chi connectivity index (χ3n) is 4.00. The van der Waals surface area contributed by atoms with Crippen LogP contribution in [0.25, 0.3) is 11.1 Å². The maximum absolute atomic E-state index is 12.7. The molecule has 0 saturated heterocycles. The molecule has 1 amide bonds. The Bertz CT molecular complexity index is 1060. The highest BCUT2D eigenvalue weighted by molar-refractivity contribution is 7.12. The molecule has 0 bridgehead atoms. The van der Waals surface area contributed by atoms with Gasteiger partial charge in [-0.1, -0.05) is 12.1 Å². The van der Waals surface area contributed by atoms with Crippen LogP contribution in [0.1, 0.15) is 20.0 Å². The molecule has 30 heavy (non-hydrogen) atoms. The summed E-state index contributed by atoms with van der Waals surface area (Å²) in [6.45, 7) is 0. The van der Waals surface area contributed by atoms with Crippen molar-refractivity contribution in [3.8, 4) is 16.9 Å². The van der Waals surface area contributed by atoms with Crippen LogP contribution in [0.3, 0.4) is 0 Å². The molecule has 3 aromatic rings. The first-order valence-corrected chi connectivity index (χ1v) is 9.28. The van der Waals surface area contributed by atoms with Crippen molar-refractivity contribution < 1.29 is 32.2 Å². The van der Waals surface area contributed by atoms with Gasteiger partial charge >= 0.3 is 12.3 Å². The molecule has 0 aliphatic rings. The lowest BCUT2D eigenvalue weighted by molar-refractivity contribution is -0.274. The van der Waals surface area contributed by atoms with E-state index in [2.05, 4.69) is 9.47 Å². The van der Waals surface area contributed by atoms with E-state index in [4.69, 9.17) is 5.84 Å². The average Bonchev–Trinajstić information content (AvgIpc) is 3.22. The van der Waals surface area contributed by atoms with Crippen molar-refractivity contribution in [1.82, 2.24) is 0 Å². The number of carbonyl (C=O) groups is 2. The van der Waals surface area contributed by atoms with E-state index in [9.17, 15) is 22.8 Å². The number of alkyl halides is 3. The van der Waals surface area contributed by atoms with Gasteiger partial charge in [-0.25, -0.2) is 15.6 Å².